The van der Waals surface area contributed by atoms with Gasteiger partial charge in [-0.15, -0.1) is 0 Å². The summed E-state index contributed by atoms with van der Waals surface area (Å²) in [5, 5.41) is 6.42. The van der Waals surface area contributed by atoms with E-state index >= 15 is 0 Å². The van der Waals surface area contributed by atoms with Crippen LogP contribution in [0.1, 0.15) is 25.5 Å². The monoisotopic (exact) mass is 318 g/mol. The van der Waals surface area contributed by atoms with Crippen molar-refractivity contribution < 1.29 is 9.53 Å². The standard InChI is InChI=1S/C17H26N4O2/c1-13-16(19-8-11-23-13)17(22)20-14-5-9-21(10-6-14)12-15-4-2-3-7-18-15/h2-4,7,13-14,16,19H,5-6,8-12H2,1H3,(H,20,22)/t13-,16+/m1/s1. The molecule has 2 aliphatic heterocycles. The summed E-state index contributed by atoms with van der Waals surface area (Å²) in [4.78, 5) is 19.1. The van der Waals surface area contributed by atoms with Gasteiger partial charge in [0.25, 0.3) is 0 Å². The van der Waals surface area contributed by atoms with Crippen LogP contribution in [0, 0.1) is 0 Å². The second-order valence-corrected chi connectivity index (χ2v) is 6.39. The van der Waals surface area contributed by atoms with Gasteiger partial charge in [0.05, 0.1) is 18.4 Å². The van der Waals surface area contributed by atoms with E-state index in [0.29, 0.717) is 6.61 Å². The molecule has 126 valence electrons. The predicted molar refractivity (Wildman–Crippen MR) is 87.9 cm³/mol. The summed E-state index contributed by atoms with van der Waals surface area (Å²) >= 11 is 0. The lowest BCUT2D eigenvalue weighted by Gasteiger charge is -2.34. The molecule has 2 fully saturated rings. The highest BCUT2D eigenvalue weighted by Gasteiger charge is 2.30. The molecule has 0 bridgehead atoms. The van der Waals surface area contributed by atoms with E-state index in [2.05, 4.69) is 26.6 Å². The molecule has 1 amide bonds. The predicted octanol–water partition coefficient (Wildman–Crippen LogP) is 0.539. The first-order chi connectivity index (χ1) is 11.2. The van der Waals surface area contributed by atoms with Crippen molar-refractivity contribution in [1.29, 1.82) is 0 Å². The molecular weight excluding hydrogens is 292 g/mol. The molecule has 0 aromatic carbocycles. The van der Waals surface area contributed by atoms with Gasteiger partial charge in [-0.2, -0.15) is 0 Å². The van der Waals surface area contributed by atoms with Crippen molar-refractivity contribution in [3.05, 3.63) is 30.1 Å². The fourth-order valence-corrected chi connectivity index (χ4v) is 3.27. The first-order valence-electron chi connectivity index (χ1n) is 8.50. The fourth-order valence-electron chi connectivity index (χ4n) is 3.27. The summed E-state index contributed by atoms with van der Waals surface area (Å²) in [6.07, 6.45) is 3.75. The Hall–Kier alpha value is -1.50. The summed E-state index contributed by atoms with van der Waals surface area (Å²) in [5.41, 5.74) is 1.10. The Morgan fingerprint density at radius 3 is 2.96 bits per heavy atom. The highest BCUT2D eigenvalue weighted by molar-refractivity contribution is 5.82. The van der Waals surface area contributed by atoms with Gasteiger partial charge >= 0.3 is 0 Å². The van der Waals surface area contributed by atoms with Gasteiger partial charge in [0.1, 0.15) is 6.04 Å². The van der Waals surface area contributed by atoms with Crippen molar-refractivity contribution in [2.45, 2.75) is 44.5 Å². The minimum Gasteiger partial charge on any atom is -0.375 e. The number of hydrogen-bond donors (Lipinski definition) is 2. The van der Waals surface area contributed by atoms with Gasteiger partial charge in [0.15, 0.2) is 0 Å². The third-order valence-corrected chi connectivity index (χ3v) is 4.64. The number of nitrogens with one attached hydrogen (secondary N) is 2. The number of carbonyl (C=O) groups excluding carboxylic acids is 1. The number of piperidine rings is 1. The van der Waals surface area contributed by atoms with Gasteiger partial charge in [0.2, 0.25) is 5.91 Å². The van der Waals surface area contributed by atoms with E-state index in [1.54, 1.807) is 0 Å². The normalized spacial score (nSPS) is 26.8. The molecule has 2 aliphatic rings. The van der Waals surface area contributed by atoms with Crippen molar-refractivity contribution in [2.24, 2.45) is 0 Å². The second kappa shape index (κ2) is 7.86. The number of pyridine rings is 1. The summed E-state index contributed by atoms with van der Waals surface area (Å²) in [7, 11) is 0. The van der Waals surface area contributed by atoms with Crippen LogP contribution < -0.4 is 10.6 Å². The van der Waals surface area contributed by atoms with Crippen LogP contribution in [0.4, 0.5) is 0 Å². The second-order valence-electron chi connectivity index (χ2n) is 6.39. The number of amides is 1. The number of hydrogen-bond acceptors (Lipinski definition) is 5. The van der Waals surface area contributed by atoms with Crippen molar-refractivity contribution in [3.63, 3.8) is 0 Å². The third kappa shape index (κ3) is 4.50. The molecule has 0 spiro atoms. The van der Waals surface area contributed by atoms with Crippen LogP contribution in [-0.4, -0.2) is 60.2 Å². The van der Waals surface area contributed by atoms with Crippen molar-refractivity contribution in [1.82, 2.24) is 20.5 Å². The minimum absolute atomic E-state index is 0.0620. The molecule has 1 aromatic heterocycles. The lowest BCUT2D eigenvalue weighted by molar-refractivity contribution is -0.130. The quantitative estimate of drug-likeness (QED) is 0.848. The molecule has 3 rings (SSSR count). The highest BCUT2D eigenvalue weighted by atomic mass is 16.5. The molecule has 6 nitrogen and oxygen atoms in total. The molecule has 2 saturated heterocycles. The van der Waals surface area contributed by atoms with Gasteiger partial charge < -0.3 is 15.4 Å². The van der Waals surface area contributed by atoms with E-state index in [9.17, 15) is 4.79 Å². The number of nitrogens with zero attached hydrogens (tertiary/aromatic N) is 2. The number of aromatic nitrogens is 1. The molecule has 0 unspecified atom stereocenters. The van der Waals surface area contributed by atoms with E-state index in [4.69, 9.17) is 4.74 Å². The van der Waals surface area contributed by atoms with Crippen molar-refractivity contribution >= 4 is 5.91 Å². The summed E-state index contributed by atoms with van der Waals surface area (Å²) in [5.74, 6) is 0.0698. The maximum atomic E-state index is 12.4. The van der Waals surface area contributed by atoms with Crippen LogP contribution in [-0.2, 0) is 16.1 Å². The van der Waals surface area contributed by atoms with Crippen LogP contribution in [0.15, 0.2) is 24.4 Å². The number of morpholine rings is 1. The van der Waals surface area contributed by atoms with Gasteiger partial charge in [0, 0.05) is 38.4 Å². The molecule has 1 aromatic rings. The average molecular weight is 318 g/mol. The Labute approximate surface area is 137 Å². The molecule has 0 saturated carbocycles. The van der Waals surface area contributed by atoms with Gasteiger partial charge in [-0.25, -0.2) is 0 Å². The number of rotatable bonds is 4. The van der Waals surface area contributed by atoms with Crippen LogP contribution in [0.25, 0.3) is 0 Å². The first kappa shape index (κ1) is 16.4. The molecule has 23 heavy (non-hydrogen) atoms. The Balaban J connectivity index is 1.43. The van der Waals surface area contributed by atoms with Crippen molar-refractivity contribution in [2.75, 3.05) is 26.2 Å². The first-order valence-corrected chi connectivity index (χ1v) is 8.50. The Morgan fingerprint density at radius 1 is 1.43 bits per heavy atom. The Morgan fingerprint density at radius 2 is 2.26 bits per heavy atom. The maximum Gasteiger partial charge on any atom is 0.240 e. The van der Waals surface area contributed by atoms with E-state index < -0.39 is 0 Å². The maximum absolute atomic E-state index is 12.4. The molecule has 6 heteroatoms. The summed E-state index contributed by atoms with van der Waals surface area (Å²) in [6.45, 7) is 6.24. The molecular formula is C17H26N4O2. The fraction of sp³-hybridized carbons (Fsp3) is 0.647. The molecule has 2 atom stereocenters. The van der Waals surface area contributed by atoms with Gasteiger partial charge in [-0.3, -0.25) is 14.7 Å². The lowest BCUT2D eigenvalue weighted by atomic mass is 10.0. The van der Waals surface area contributed by atoms with E-state index in [1.807, 2.05) is 25.3 Å². The Bertz CT molecular complexity index is 503. The van der Waals surface area contributed by atoms with Crippen molar-refractivity contribution in [3.8, 4) is 0 Å². The van der Waals surface area contributed by atoms with Crippen LogP contribution >= 0.6 is 0 Å². The van der Waals surface area contributed by atoms with E-state index in [1.165, 1.54) is 0 Å². The summed E-state index contributed by atoms with van der Waals surface area (Å²) < 4.78 is 5.55. The van der Waals surface area contributed by atoms with Crippen LogP contribution in [0.3, 0.4) is 0 Å². The number of likely N-dealkylation sites (tertiary alicyclic amines) is 1. The molecule has 3 heterocycles. The number of ether oxygens (including phenoxy) is 1. The van der Waals surface area contributed by atoms with Gasteiger partial charge in [-0.05, 0) is 31.9 Å². The third-order valence-electron chi connectivity index (χ3n) is 4.64. The smallest absolute Gasteiger partial charge is 0.240 e. The topological polar surface area (TPSA) is 66.5 Å². The minimum atomic E-state index is -0.227. The number of carbonyl (C=O) groups is 1. The van der Waals surface area contributed by atoms with E-state index in [-0.39, 0.29) is 24.1 Å². The molecule has 2 N–H and O–H groups in total. The van der Waals surface area contributed by atoms with Gasteiger partial charge in [-0.1, -0.05) is 6.07 Å². The Kier molecular flexibility index (Phi) is 5.59. The zero-order valence-electron chi connectivity index (χ0n) is 13.7. The highest BCUT2D eigenvalue weighted by Crippen LogP contribution is 2.14. The lowest BCUT2D eigenvalue weighted by Crippen LogP contribution is -2.58. The zero-order chi connectivity index (χ0) is 16.1. The summed E-state index contributed by atoms with van der Waals surface area (Å²) in [6, 6.07) is 6.06. The molecule has 0 radical (unpaired) electrons. The average Bonchev–Trinajstić information content (AvgIpc) is 2.58. The van der Waals surface area contributed by atoms with Crippen LogP contribution in [0.5, 0.6) is 0 Å². The SMILES string of the molecule is C[C@H]1OCCN[C@@H]1C(=O)NC1CCN(Cc2ccccn2)CC1. The molecule has 0 aliphatic carbocycles. The van der Waals surface area contributed by atoms with Crippen LogP contribution in [0.2, 0.25) is 0 Å². The largest absolute Gasteiger partial charge is 0.375 e. The van der Waals surface area contributed by atoms with E-state index in [0.717, 1.165) is 44.7 Å². The zero-order valence-corrected chi connectivity index (χ0v) is 13.7.